The van der Waals surface area contributed by atoms with E-state index in [9.17, 15) is 18.5 Å². The number of rotatable bonds is 7. The number of non-ortho nitro benzene ring substituents is 1. The van der Waals surface area contributed by atoms with Crippen LogP contribution in [0.1, 0.15) is 29.5 Å². The highest BCUT2D eigenvalue weighted by atomic mass is 32.2. The lowest BCUT2D eigenvalue weighted by Crippen LogP contribution is -2.26. The van der Waals surface area contributed by atoms with E-state index in [1.54, 1.807) is 6.92 Å². The predicted molar refractivity (Wildman–Crippen MR) is 103 cm³/mol. The molecule has 0 amide bonds. The van der Waals surface area contributed by atoms with Gasteiger partial charge in [-0.3, -0.25) is 15.0 Å². The number of sulfonamides is 1. The van der Waals surface area contributed by atoms with Crippen molar-refractivity contribution in [3.63, 3.8) is 0 Å². The van der Waals surface area contributed by atoms with Gasteiger partial charge in [-0.05, 0) is 49.5 Å². The van der Waals surface area contributed by atoms with E-state index in [4.69, 9.17) is 0 Å². The Labute approximate surface area is 159 Å². The molecule has 2 aromatic rings. The van der Waals surface area contributed by atoms with Gasteiger partial charge in [0.05, 0.1) is 9.82 Å². The summed E-state index contributed by atoms with van der Waals surface area (Å²) in [6, 6.07) is 11.6. The van der Waals surface area contributed by atoms with Crippen LogP contribution in [0, 0.1) is 17.0 Å². The minimum absolute atomic E-state index is 0.0614. The molecule has 1 N–H and O–H groups in total. The zero-order chi connectivity index (χ0) is 19.4. The van der Waals surface area contributed by atoms with Crippen molar-refractivity contribution in [2.24, 2.45) is 0 Å². The predicted octanol–water partition coefficient (Wildman–Crippen LogP) is 2.98. The number of benzene rings is 2. The first kappa shape index (κ1) is 19.5. The van der Waals surface area contributed by atoms with Gasteiger partial charge in [0.1, 0.15) is 0 Å². The zero-order valence-corrected chi connectivity index (χ0v) is 16.0. The third-order valence-corrected chi connectivity index (χ3v) is 6.38. The standard InChI is InChI=1S/C19H23N3O4S/c1-15-8-9-18(22(23)24)12-19(15)27(25,26)20-13-16-6-2-3-7-17(16)14-21-10-4-5-11-21/h2-3,6-9,12,20H,4-5,10-11,13-14H2,1H3. The first-order valence-electron chi connectivity index (χ1n) is 8.91. The van der Waals surface area contributed by atoms with E-state index < -0.39 is 14.9 Å². The fourth-order valence-electron chi connectivity index (χ4n) is 3.31. The molecule has 0 unspecified atom stereocenters. The van der Waals surface area contributed by atoms with Crippen LogP contribution in [-0.2, 0) is 23.1 Å². The Kier molecular flexibility index (Phi) is 5.88. The van der Waals surface area contributed by atoms with Crippen LogP contribution >= 0.6 is 0 Å². The first-order chi connectivity index (χ1) is 12.9. The smallest absolute Gasteiger partial charge is 0.270 e. The van der Waals surface area contributed by atoms with Crippen molar-refractivity contribution in [1.29, 1.82) is 0 Å². The Hall–Kier alpha value is -2.29. The summed E-state index contributed by atoms with van der Waals surface area (Å²) >= 11 is 0. The second kappa shape index (κ2) is 8.16. The monoisotopic (exact) mass is 389 g/mol. The second-order valence-electron chi connectivity index (χ2n) is 6.78. The molecule has 0 radical (unpaired) electrons. The molecule has 0 atom stereocenters. The molecule has 27 heavy (non-hydrogen) atoms. The molecule has 0 bridgehead atoms. The van der Waals surface area contributed by atoms with Crippen LogP contribution in [0.25, 0.3) is 0 Å². The van der Waals surface area contributed by atoms with Gasteiger partial charge in [-0.25, -0.2) is 13.1 Å². The van der Waals surface area contributed by atoms with Crippen LogP contribution in [0.2, 0.25) is 0 Å². The average molecular weight is 389 g/mol. The van der Waals surface area contributed by atoms with Gasteiger partial charge in [-0.15, -0.1) is 0 Å². The zero-order valence-electron chi connectivity index (χ0n) is 15.2. The molecular formula is C19H23N3O4S. The molecule has 1 aliphatic rings. The SMILES string of the molecule is Cc1ccc([N+](=O)[O-])cc1S(=O)(=O)NCc1ccccc1CN1CCCC1. The molecule has 1 saturated heterocycles. The normalized spacial score (nSPS) is 15.1. The van der Waals surface area contributed by atoms with Crippen molar-refractivity contribution >= 4 is 15.7 Å². The molecule has 7 nitrogen and oxygen atoms in total. The van der Waals surface area contributed by atoms with Crippen LogP contribution in [0.15, 0.2) is 47.4 Å². The van der Waals surface area contributed by atoms with E-state index in [1.165, 1.54) is 25.0 Å². The highest BCUT2D eigenvalue weighted by Crippen LogP contribution is 2.22. The molecular weight excluding hydrogens is 366 g/mol. The summed E-state index contributed by atoms with van der Waals surface area (Å²) in [5.41, 5.74) is 2.24. The Morgan fingerprint density at radius 3 is 2.44 bits per heavy atom. The fourth-order valence-corrected chi connectivity index (χ4v) is 4.58. The number of nitro groups is 1. The van der Waals surface area contributed by atoms with Crippen molar-refractivity contribution in [1.82, 2.24) is 9.62 Å². The number of hydrogen-bond donors (Lipinski definition) is 1. The number of nitrogens with zero attached hydrogens (tertiary/aromatic N) is 2. The quantitative estimate of drug-likeness (QED) is 0.580. The molecule has 2 aromatic carbocycles. The van der Waals surface area contributed by atoms with Gasteiger partial charge >= 0.3 is 0 Å². The molecule has 0 aromatic heterocycles. The Bertz CT molecular complexity index is 938. The summed E-state index contributed by atoms with van der Waals surface area (Å²) in [7, 11) is -3.86. The molecule has 8 heteroatoms. The van der Waals surface area contributed by atoms with Crippen LogP contribution in [0.5, 0.6) is 0 Å². The summed E-state index contributed by atoms with van der Waals surface area (Å²) in [4.78, 5) is 12.7. The summed E-state index contributed by atoms with van der Waals surface area (Å²) in [5.74, 6) is 0. The molecule has 1 fully saturated rings. The third kappa shape index (κ3) is 4.71. The van der Waals surface area contributed by atoms with Gasteiger partial charge in [0.2, 0.25) is 10.0 Å². The van der Waals surface area contributed by atoms with Gasteiger partial charge in [0.25, 0.3) is 5.69 Å². The lowest BCUT2D eigenvalue weighted by Gasteiger charge is -2.18. The van der Waals surface area contributed by atoms with Crippen molar-refractivity contribution in [2.45, 2.75) is 37.8 Å². The van der Waals surface area contributed by atoms with Crippen molar-refractivity contribution < 1.29 is 13.3 Å². The molecule has 1 aliphatic heterocycles. The number of nitrogens with one attached hydrogen (secondary N) is 1. The summed E-state index contributed by atoms with van der Waals surface area (Å²) in [5, 5.41) is 11.0. The average Bonchev–Trinajstić information content (AvgIpc) is 3.14. The van der Waals surface area contributed by atoms with E-state index in [0.717, 1.165) is 36.8 Å². The molecule has 3 rings (SSSR count). The van der Waals surface area contributed by atoms with Gasteiger partial charge in [-0.2, -0.15) is 0 Å². The fraction of sp³-hybridized carbons (Fsp3) is 0.368. The number of nitro benzene ring substituents is 1. The minimum Gasteiger partial charge on any atom is -0.299 e. The van der Waals surface area contributed by atoms with Crippen molar-refractivity contribution in [3.05, 3.63) is 69.3 Å². The Balaban J connectivity index is 1.78. The van der Waals surface area contributed by atoms with E-state index in [-0.39, 0.29) is 17.1 Å². The molecule has 0 saturated carbocycles. The number of likely N-dealkylation sites (tertiary alicyclic amines) is 1. The van der Waals surface area contributed by atoms with Crippen LogP contribution in [0.4, 0.5) is 5.69 Å². The molecule has 0 aliphatic carbocycles. The number of aryl methyl sites for hydroxylation is 1. The maximum Gasteiger partial charge on any atom is 0.270 e. The lowest BCUT2D eigenvalue weighted by atomic mass is 10.1. The summed E-state index contributed by atoms with van der Waals surface area (Å²) in [6.45, 7) is 4.70. The number of hydrogen-bond acceptors (Lipinski definition) is 5. The van der Waals surface area contributed by atoms with Gasteiger partial charge in [0.15, 0.2) is 0 Å². The maximum atomic E-state index is 12.7. The summed E-state index contributed by atoms with van der Waals surface area (Å²) < 4.78 is 28.0. The van der Waals surface area contributed by atoms with E-state index in [2.05, 4.69) is 9.62 Å². The second-order valence-corrected chi connectivity index (χ2v) is 8.52. The van der Waals surface area contributed by atoms with Crippen LogP contribution in [0.3, 0.4) is 0 Å². The molecule has 144 valence electrons. The summed E-state index contributed by atoms with van der Waals surface area (Å²) in [6.07, 6.45) is 2.39. The van der Waals surface area contributed by atoms with Crippen LogP contribution < -0.4 is 4.72 Å². The lowest BCUT2D eigenvalue weighted by molar-refractivity contribution is -0.385. The van der Waals surface area contributed by atoms with Gasteiger partial charge in [0, 0.05) is 25.2 Å². The maximum absolute atomic E-state index is 12.7. The largest absolute Gasteiger partial charge is 0.299 e. The molecule has 0 spiro atoms. The Morgan fingerprint density at radius 2 is 1.78 bits per heavy atom. The van der Waals surface area contributed by atoms with Crippen molar-refractivity contribution in [3.8, 4) is 0 Å². The van der Waals surface area contributed by atoms with Gasteiger partial charge < -0.3 is 0 Å². The minimum atomic E-state index is -3.86. The van der Waals surface area contributed by atoms with E-state index in [1.807, 2.05) is 24.3 Å². The van der Waals surface area contributed by atoms with E-state index in [0.29, 0.717) is 5.56 Å². The van der Waals surface area contributed by atoms with Crippen molar-refractivity contribution in [2.75, 3.05) is 13.1 Å². The Morgan fingerprint density at radius 1 is 1.11 bits per heavy atom. The topological polar surface area (TPSA) is 92.5 Å². The highest BCUT2D eigenvalue weighted by Gasteiger charge is 2.21. The van der Waals surface area contributed by atoms with Crippen LogP contribution in [-0.4, -0.2) is 31.3 Å². The first-order valence-corrected chi connectivity index (χ1v) is 10.4. The highest BCUT2D eigenvalue weighted by molar-refractivity contribution is 7.89. The van der Waals surface area contributed by atoms with E-state index >= 15 is 0 Å². The molecule has 1 heterocycles. The van der Waals surface area contributed by atoms with Gasteiger partial charge in [-0.1, -0.05) is 30.3 Å². The third-order valence-electron chi connectivity index (χ3n) is 4.84.